The average Bonchev–Trinajstić information content (AvgIpc) is 2.49. The van der Waals surface area contributed by atoms with Crippen molar-refractivity contribution in [3.05, 3.63) is 0 Å². The summed E-state index contributed by atoms with van der Waals surface area (Å²) in [6.07, 6.45) is 23.8. The molecule has 0 bridgehead atoms. The van der Waals surface area contributed by atoms with Crippen LogP contribution in [0.15, 0.2) is 0 Å². The lowest BCUT2D eigenvalue weighted by molar-refractivity contribution is 0.328. The molecule has 1 saturated carbocycles. The van der Waals surface area contributed by atoms with Crippen LogP contribution in [-0.4, -0.2) is 25.5 Å². The topological polar surface area (TPSA) is 3.24 Å². The van der Waals surface area contributed by atoms with Gasteiger partial charge < -0.3 is 4.90 Å². The molecule has 0 aromatic carbocycles. The highest BCUT2D eigenvalue weighted by atomic mass is 15.0. The number of hydrogen-bond acceptors (Lipinski definition) is 1. The van der Waals surface area contributed by atoms with E-state index in [1.165, 1.54) is 109 Å². The van der Waals surface area contributed by atoms with Crippen LogP contribution in [0.2, 0.25) is 0 Å². The number of hydrogen-bond donors (Lipinski definition) is 0. The Morgan fingerprint density at radius 2 is 1.10 bits per heavy atom. The van der Waals surface area contributed by atoms with Gasteiger partial charge in [0.2, 0.25) is 0 Å². The van der Waals surface area contributed by atoms with Gasteiger partial charge in [0.15, 0.2) is 0 Å². The van der Waals surface area contributed by atoms with Gasteiger partial charge in [-0.3, -0.25) is 0 Å². The highest BCUT2D eigenvalue weighted by molar-refractivity contribution is 4.65. The lowest BCUT2D eigenvalue weighted by atomic mass is 9.85. The van der Waals surface area contributed by atoms with Crippen molar-refractivity contribution in [2.24, 2.45) is 5.92 Å². The van der Waals surface area contributed by atoms with Crippen LogP contribution in [0.3, 0.4) is 0 Å². The zero-order valence-electron chi connectivity index (χ0n) is 15.0. The van der Waals surface area contributed by atoms with Crippen LogP contribution in [0.4, 0.5) is 0 Å². The molecule has 0 radical (unpaired) electrons. The highest BCUT2D eigenvalue weighted by Crippen LogP contribution is 2.28. The fourth-order valence-corrected chi connectivity index (χ4v) is 3.75. The van der Waals surface area contributed by atoms with E-state index in [2.05, 4.69) is 19.0 Å². The first-order valence-corrected chi connectivity index (χ1v) is 9.94. The molecule has 21 heavy (non-hydrogen) atoms. The molecule has 0 heterocycles. The molecule has 0 aliphatic heterocycles. The van der Waals surface area contributed by atoms with Gasteiger partial charge in [-0.25, -0.2) is 0 Å². The number of unbranched alkanes of at least 4 members (excludes halogenated alkanes) is 9. The van der Waals surface area contributed by atoms with E-state index in [4.69, 9.17) is 0 Å². The quantitative estimate of drug-likeness (QED) is 0.354. The maximum Gasteiger partial charge on any atom is -0.00248 e. The van der Waals surface area contributed by atoms with E-state index in [1.807, 2.05) is 0 Å². The normalized spacial score (nSPS) is 16.7. The molecule has 0 saturated heterocycles. The molecule has 126 valence electrons. The molecule has 0 atom stereocenters. The van der Waals surface area contributed by atoms with Gasteiger partial charge in [-0.1, -0.05) is 96.3 Å². The minimum absolute atomic E-state index is 1.10. The van der Waals surface area contributed by atoms with Crippen molar-refractivity contribution in [1.29, 1.82) is 0 Å². The Balaban J connectivity index is 1.70. The van der Waals surface area contributed by atoms with E-state index in [-0.39, 0.29) is 0 Å². The third kappa shape index (κ3) is 12.2. The first-order valence-electron chi connectivity index (χ1n) is 9.94. The molecule has 1 aliphatic carbocycles. The van der Waals surface area contributed by atoms with Gasteiger partial charge in [0.1, 0.15) is 0 Å². The molecule has 0 spiro atoms. The van der Waals surface area contributed by atoms with Gasteiger partial charge in [-0.15, -0.1) is 0 Å². The summed E-state index contributed by atoms with van der Waals surface area (Å²) in [5.41, 5.74) is 0. The Hall–Kier alpha value is -0.0400. The SMILES string of the molecule is CN(C)CCCCCCCCCCCCC1CCCCC1. The van der Waals surface area contributed by atoms with Gasteiger partial charge in [0.05, 0.1) is 0 Å². The van der Waals surface area contributed by atoms with Crippen molar-refractivity contribution in [1.82, 2.24) is 4.90 Å². The molecule has 1 heteroatoms. The molecular formula is C20H41N. The summed E-state index contributed by atoms with van der Waals surface area (Å²) in [5, 5.41) is 0. The Kier molecular flexibility index (Phi) is 12.3. The fraction of sp³-hybridized carbons (Fsp3) is 1.00. The Labute approximate surface area is 134 Å². The molecule has 1 fully saturated rings. The van der Waals surface area contributed by atoms with E-state index in [0.29, 0.717) is 0 Å². The predicted octanol–water partition coefficient (Wildman–Crippen LogP) is 6.42. The van der Waals surface area contributed by atoms with Crippen molar-refractivity contribution in [3.8, 4) is 0 Å². The van der Waals surface area contributed by atoms with Crippen LogP contribution >= 0.6 is 0 Å². The van der Waals surface area contributed by atoms with Gasteiger partial charge in [-0.05, 0) is 33.0 Å². The minimum Gasteiger partial charge on any atom is -0.309 e. The van der Waals surface area contributed by atoms with Crippen molar-refractivity contribution in [2.45, 2.75) is 103 Å². The van der Waals surface area contributed by atoms with Crippen LogP contribution in [0, 0.1) is 5.92 Å². The maximum atomic E-state index is 2.30. The second-order valence-corrected chi connectivity index (χ2v) is 7.63. The first kappa shape index (κ1) is 19.0. The van der Waals surface area contributed by atoms with Gasteiger partial charge in [0, 0.05) is 0 Å². The fourth-order valence-electron chi connectivity index (χ4n) is 3.75. The van der Waals surface area contributed by atoms with E-state index in [0.717, 1.165) is 5.92 Å². The summed E-state index contributed by atoms with van der Waals surface area (Å²) < 4.78 is 0. The summed E-state index contributed by atoms with van der Waals surface area (Å²) in [5.74, 6) is 1.10. The molecule has 1 nitrogen and oxygen atoms in total. The zero-order valence-corrected chi connectivity index (χ0v) is 15.0. The van der Waals surface area contributed by atoms with Crippen LogP contribution < -0.4 is 0 Å². The molecular weight excluding hydrogens is 254 g/mol. The molecule has 0 amide bonds. The average molecular weight is 296 g/mol. The second kappa shape index (κ2) is 13.6. The van der Waals surface area contributed by atoms with Crippen molar-refractivity contribution < 1.29 is 0 Å². The predicted molar refractivity (Wildman–Crippen MR) is 95.9 cm³/mol. The highest BCUT2D eigenvalue weighted by Gasteiger charge is 2.12. The first-order chi connectivity index (χ1) is 10.3. The zero-order chi connectivity index (χ0) is 15.2. The third-order valence-corrected chi connectivity index (χ3v) is 5.19. The summed E-state index contributed by atoms with van der Waals surface area (Å²) in [6, 6.07) is 0. The molecule has 0 N–H and O–H groups in total. The second-order valence-electron chi connectivity index (χ2n) is 7.63. The Bertz CT molecular complexity index is 206. The minimum atomic E-state index is 1.10. The molecule has 0 aromatic heterocycles. The van der Waals surface area contributed by atoms with Crippen LogP contribution in [0.1, 0.15) is 103 Å². The van der Waals surface area contributed by atoms with Crippen LogP contribution in [0.25, 0.3) is 0 Å². The van der Waals surface area contributed by atoms with Gasteiger partial charge in [0.25, 0.3) is 0 Å². The van der Waals surface area contributed by atoms with E-state index in [1.54, 1.807) is 0 Å². The van der Waals surface area contributed by atoms with Gasteiger partial charge >= 0.3 is 0 Å². The molecule has 0 unspecified atom stereocenters. The van der Waals surface area contributed by atoms with Gasteiger partial charge in [-0.2, -0.15) is 0 Å². The number of nitrogens with zero attached hydrogens (tertiary/aromatic N) is 1. The van der Waals surface area contributed by atoms with Crippen molar-refractivity contribution in [2.75, 3.05) is 20.6 Å². The largest absolute Gasteiger partial charge is 0.309 e. The lowest BCUT2D eigenvalue weighted by Crippen LogP contribution is -2.12. The lowest BCUT2D eigenvalue weighted by Gasteiger charge is -2.21. The standard InChI is InChI=1S/C20H41N/c1-21(2)19-15-10-8-6-4-3-5-7-9-12-16-20-17-13-11-14-18-20/h20H,3-19H2,1-2H3. The third-order valence-electron chi connectivity index (χ3n) is 5.19. The Morgan fingerprint density at radius 3 is 1.62 bits per heavy atom. The number of rotatable bonds is 13. The van der Waals surface area contributed by atoms with E-state index in [9.17, 15) is 0 Å². The van der Waals surface area contributed by atoms with Crippen LogP contribution in [-0.2, 0) is 0 Å². The monoisotopic (exact) mass is 295 g/mol. The smallest absolute Gasteiger partial charge is 0.00248 e. The summed E-state index contributed by atoms with van der Waals surface area (Å²) >= 11 is 0. The van der Waals surface area contributed by atoms with Crippen molar-refractivity contribution in [3.63, 3.8) is 0 Å². The van der Waals surface area contributed by atoms with E-state index < -0.39 is 0 Å². The summed E-state index contributed by atoms with van der Waals surface area (Å²) in [6.45, 7) is 1.26. The molecule has 1 rings (SSSR count). The molecule has 0 aromatic rings. The Morgan fingerprint density at radius 1 is 0.619 bits per heavy atom. The summed E-state index contributed by atoms with van der Waals surface area (Å²) in [4.78, 5) is 2.30. The van der Waals surface area contributed by atoms with Crippen molar-refractivity contribution >= 4 is 0 Å². The summed E-state index contributed by atoms with van der Waals surface area (Å²) in [7, 11) is 4.35. The molecule has 1 aliphatic rings. The van der Waals surface area contributed by atoms with Crippen LogP contribution in [0.5, 0.6) is 0 Å². The maximum absolute atomic E-state index is 2.30. The van der Waals surface area contributed by atoms with E-state index >= 15 is 0 Å².